The molecule has 1 saturated heterocycles. The van der Waals surface area contributed by atoms with Gasteiger partial charge in [-0.05, 0) is 78.4 Å². The summed E-state index contributed by atoms with van der Waals surface area (Å²) in [4.78, 5) is 32.6. The SMILES string of the molecule is CCC(C)OC(=O)c1csc2nc(Nc3ccc(N4CCC(N(C)C)CC4)c(OC)c3)nc(Nc3cccc(C(C)(C)O)n3)c12. The Morgan fingerprint density at radius 1 is 1.16 bits per heavy atom. The summed E-state index contributed by atoms with van der Waals surface area (Å²) in [6.45, 7) is 9.11. The molecule has 3 N–H and O–H groups in total. The van der Waals surface area contributed by atoms with Crippen LogP contribution in [0.4, 0.5) is 29.0 Å². The van der Waals surface area contributed by atoms with E-state index in [1.54, 1.807) is 38.5 Å². The molecule has 0 bridgehead atoms. The zero-order valence-electron chi connectivity index (χ0n) is 27.0. The first-order valence-electron chi connectivity index (χ1n) is 15.3. The van der Waals surface area contributed by atoms with Crippen LogP contribution < -0.4 is 20.3 Å². The van der Waals surface area contributed by atoms with Gasteiger partial charge in [0, 0.05) is 36.3 Å². The molecule has 1 fully saturated rings. The van der Waals surface area contributed by atoms with E-state index in [9.17, 15) is 9.90 Å². The van der Waals surface area contributed by atoms with Crippen molar-refractivity contribution >= 4 is 56.5 Å². The summed E-state index contributed by atoms with van der Waals surface area (Å²) in [6.07, 6.45) is 2.67. The first kappa shape index (κ1) is 32.4. The van der Waals surface area contributed by atoms with Crippen molar-refractivity contribution in [2.24, 2.45) is 0 Å². The number of fused-ring (bicyclic) bond motifs is 1. The second-order valence-electron chi connectivity index (χ2n) is 12.1. The molecule has 240 valence electrons. The van der Waals surface area contributed by atoms with E-state index in [0.29, 0.717) is 51.5 Å². The van der Waals surface area contributed by atoms with Gasteiger partial charge in [-0.25, -0.2) is 14.8 Å². The third-order valence-electron chi connectivity index (χ3n) is 8.13. The Morgan fingerprint density at radius 3 is 2.58 bits per heavy atom. The van der Waals surface area contributed by atoms with Crippen LogP contribution in [0.3, 0.4) is 0 Å². The van der Waals surface area contributed by atoms with Crippen LogP contribution in [0.2, 0.25) is 0 Å². The molecule has 1 aliphatic rings. The molecule has 0 amide bonds. The highest BCUT2D eigenvalue weighted by atomic mass is 32.1. The Labute approximate surface area is 268 Å². The van der Waals surface area contributed by atoms with E-state index in [4.69, 9.17) is 19.4 Å². The molecule has 12 heteroatoms. The number of hydrogen-bond acceptors (Lipinski definition) is 12. The quantitative estimate of drug-likeness (QED) is 0.161. The minimum absolute atomic E-state index is 0.229. The second-order valence-corrected chi connectivity index (χ2v) is 13.0. The van der Waals surface area contributed by atoms with E-state index in [-0.39, 0.29) is 6.10 Å². The normalized spacial score (nSPS) is 14.9. The summed E-state index contributed by atoms with van der Waals surface area (Å²) in [5.41, 5.74) is 1.56. The molecule has 4 heterocycles. The van der Waals surface area contributed by atoms with Crippen LogP contribution in [0.15, 0.2) is 41.8 Å². The van der Waals surface area contributed by atoms with Crippen LogP contribution in [0.1, 0.15) is 63.0 Å². The van der Waals surface area contributed by atoms with Crippen LogP contribution in [-0.2, 0) is 10.3 Å². The Kier molecular flexibility index (Phi) is 9.76. The summed E-state index contributed by atoms with van der Waals surface area (Å²) in [5, 5.41) is 19.4. The number of carbonyl (C=O) groups excluding carboxylic acids is 1. The highest BCUT2D eigenvalue weighted by Crippen LogP contribution is 2.37. The summed E-state index contributed by atoms with van der Waals surface area (Å²) >= 11 is 1.34. The number of nitrogens with one attached hydrogen (secondary N) is 2. The highest BCUT2D eigenvalue weighted by molar-refractivity contribution is 7.17. The average molecular weight is 634 g/mol. The summed E-state index contributed by atoms with van der Waals surface area (Å²) < 4.78 is 11.5. The molecular weight excluding hydrogens is 590 g/mol. The lowest BCUT2D eigenvalue weighted by Crippen LogP contribution is -2.42. The minimum atomic E-state index is -1.13. The van der Waals surface area contributed by atoms with Crippen LogP contribution in [0, 0.1) is 0 Å². The maximum absolute atomic E-state index is 13.2. The van der Waals surface area contributed by atoms with Crippen LogP contribution >= 0.6 is 11.3 Å². The maximum atomic E-state index is 13.2. The molecule has 0 aliphatic carbocycles. The smallest absolute Gasteiger partial charge is 0.340 e. The number of carbonyl (C=O) groups is 1. The van der Waals surface area contributed by atoms with Crippen LogP contribution in [-0.4, -0.2) is 77.4 Å². The number of hydrogen-bond donors (Lipinski definition) is 3. The van der Waals surface area contributed by atoms with E-state index in [2.05, 4.69) is 45.6 Å². The zero-order chi connectivity index (χ0) is 32.3. The molecule has 1 aromatic carbocycles. The van der Waals surface area contributed by atoms with Crippen molar-refractivity contribution in [3.05, 3.63) is 53.0 Å². The van der Waals surface area contributed by atoms with Gasteiger partial charge in [-0.2, -0.15) is 4.98 Å². The Hall–Kier alpha value is -4.00. The number of thiophene rings is 1. The Morgan fingerprint density at radius 2 is 1.91 bits per heavy atom. The summed E-state index contributed by atoms with van der Waals surface area (Å²) in [6, 6.07) is 11.9. The second kappa shape index (κ2) is 13.6. The number of nitrogens with zero attached hydrogens (tertiary/aromatic N) is 5. The van der Waals surface area contributed by atoms with E-state index in [1.807, 2.05) is 32.0 Å². The van der Waals surface area contributed by atoms with Crippen molar-refractivity contribution in [2.45, 2.75) is 64.7 Å². The van der Waals surface area contributed by atoms with Gasteiger partial charge in [0.25, 0.3) is 0 Å². The summed E-state index contributed by atoms with van der Waals surface area (Å²) in [5.74, 6) is 1.54. The van der Waals surface area contributed by atoms with E-state index in [1.165, 1.54) is 11.3 Å². The third kappa shape index (κ3) is 7.46. The molecule has 0 saturated carbocycles. The lowest BCUT2D eigenvalue weighted by molar-refractivity contribution is 0.0337. The Bertz CT molecular complexity index is 1640. The fourth-order valence-electron chi connectivity index (χ4n) is 5.30. The fraction of sp³-hybridized carbons (Fsp3) is 0.455. The molecule has 11 nitrogen and oxygen atoms in total. The Balaban J connectivity index is 1.48. The highest BCUT2D eigenvalue weighted by Gasteiger charge is 2.25. The van der Waals surface area contributed by atoms with Gasteiger partial charge in [-0.15, -0.1) is 11.3 Å². The molecule has 4 aromatic rings. The molecule has 0 radical (unpaired) electrons. The predicted octanol–water partition coefficient (Wildman–Crippen LogP) is 6.30. The first-order valence-corrected chi connectivity index (χ1v) is 16.2. The minimum Gasteiger partial charge on any atom is -0.495 e. The van der Waals surface area contributed by atoms with Gasteiger partial charge in [0.2, 0.25) is 5.95 Å². The largest absolute Gasteiger partial charge is 0.495 e. The molecule has 1 atom stereocenters. The molecule has 1 unspecified atom stereocenters. The topological polar surface area (TPSA) is 125 Å². The number of anilines is 5. The number of ether oxygens (including phenoxy) is 2. The monoisotopic (exact) mass is 633 g/mol. The van der Waals surface area contributed by atoms with Gasteiger partial charge < -0.3 is 35.0 Å². The number of aliphatic hydroxyl groups is 1. The number of methoxy groups -OCH3 is 1. The fourth-order valence-corrected chi connectivity index (χ4v) is 6.21. The predicted molar refractivity (Wildman–Crippen MR) is 181 cm³/mol. The lowest BCUT2D eigenvalue weighted by atomic mass is 10.0. The van der Waals surface area contributed by atoms with Gasteiger partial charge in [0.15, 0.2) is 0 Å². The van der Waals surface area contributed by atoms with Crippen molar-refractivity contribution < 1.29 is 19.4 Å². The maximum Gasteiger partial charge on any atom is 0.340 e. The lowest BCUT2D eigenvalue weighted by Gasteiger charge is -2.37. The number of esters is 1. The van der Waals surface area contributed by atoms with Gasteiger partial charge in [-0.1, -0.05) is 13.0 Å². The molecule has 0 spiro atoms. The standard InChI is InChI=1S/C33H43N7O4S/c1-8-20(2)44-31(41)23-19-45-30-28(23)29(36-27-11-9-10-26(35-27)33(3,4)42)37-32(38-30)34-21-12-13-24(25(18-21)43-7)40-16-14-22(15-17-40)39(5)6/h9-13,18-20,22,42H,8,14-17H2,1-7H3,(H2,34,35,36,37,38). The number of rotatable bonds is 11. The number of piperidine rings is 1. The number of pyridine rings is 1. The van der Waals surface area contributed by atoms with Gasteiger partial charge in [0.05, 0.1) is 35.5 Å². The van der Waals surface area contributed by atoms with Gasteiger partial charge in [-0.3, -0.25) is 0 Å². The molecule has 1 aliphatic heterocycles. The van der Waals surface area contributed by atoms with E-state index in [0.717, 1.165) is 43.1 Å². The first-order chi connectivity index (χ1) is 21.5. The summed E-state index contributed by atoms with van der Waals surface area (Å²) in [7, 11) is 5.96. The van der Waals surface area contributed by atoms with Crippen LogP contribution in [0.25, 0.3) is 10.2 Å². The van der Waals surface area contributed by atoms with Crippen LogP contribution in [0.5, 0.6) is 5.75 Å². The molecular formula is C33H43N7O4S. The van der Waals surface area contributed by atoms with Crippen molar-refractivity contribution in [1.29, 1.82) is 0 Å². The van der Waals surface area contributed by atoms with E-state index >= 15 is 0 Å². The van der Waals surface area contributed by atoms with Crippen molar-refractivity contribution in [2.75, 3.05) is 49.8 Å². The van der Waals surface area contributed by atoms with Gasteiger partial charge in [0.1, 0.15) is 27.8 Å². The number of aromatic nitrogens is 3. The average Bonchev–Trinajstić information content (AvgIpc) is 3.45. The number of benzene rings is 1. The molecule has 45 heavy (non-hydrogen) atoms. The van der Waals surface area contributed by atoms with Gasteiger partial charge >= 0.3 is 5.97 Å². The molecule has 3 aromatic heterocycles. The third-order valence-corrected chi connectivity index (χ3v) is 9.00. The van der Waals surface area contributed by atoms with E-state index < -0.39 is 11.6 Å². The van der Waals surface area contributed by atoms with Crippen molar-refractivity contribution in [3.8, 4) is 5.75 Å². The van der Waals surface area contributed by atoms with Crippen molar-refractivity contribution in [3.63, 3.8) is 0 Å². The molecule has 5 rings (SSSR count). The zero-order valence-corrected chi connectivity index (χ0v) is 27.9. The van der Waals surface area contributed by atoms with Crippen molar-refractivity contribution in [1.82, 2.24) is 19.9 Å².